The predicted molar refractivity (Wildman–Crippen MR) is 73.2 cm³/mol. The van der Waals surface area contributed by atoms with Crippen molar-refractivity contribution in [3.8, 4) is 0 Å². The van der Waals surface area contributed by atoms with E-state index in [1.165, 1.54) is 0 Å². The molecule has 0 unspecified atom stereocenters. The van der Waals surface area contributed by atoms with Crippen LogP contribution in [0.1, 0.15) is 32.8 Å². The number of nitrogens with two attached hydrogens (primary N) is 1. The van der Waals surface area contributed by atoms with E-state index in [4.69, 9.17) is 17.3 Å². The standard InChI is InChI=1S/C13H21ClN2/c1-9-7-12(11(15)8-10(9)14)16-6-5-13(2,3)4/h7-8,16H,5-6,15H2,1-4H3. The molecule has 0 amide bonds. The van der Waals surface area contributed by atoms with Crippen LogP contribution in [-0.4, -0.2) is 6.54 Å². The van der Waals surface area contributed by atoms with Crippen molar-refractivity contribution in [1.29, 1.82) is 0 Å². The molecule has 90 valence electrons. The summed E-state index contributed by atoms with van der Waals surface area (Å²) in [4.78, 5) is 0. The maximum absolute atomic E-state index is 5.98. The van der Waals surface area contributed by atoms with Crippen LogP contribution < -0.4 is 11.1 Å². The summed E-state index contributed by atoms with van der Waals surface area (Å²) in [6.45, 7) is 9.59. The number of hydrogen-bond acceptors (Lipinski definition) is 2. The maximum atomic E-state index is 5.98. The molecule has 0 aliphatic rings. The number of aryl methyl sites for hydroxylation is 1. The van der Waals surface area contributed by atoms with Crippen molar-refractivity contribution in [2.45, 2.75) is 34.1 Å². The van der Waals surface area contributed by atoms with Gasteiger partial charge in [0.05, 0.1) is 11.4 Å². The average molecular weight is 241 g/mol. The Morgan fingerprint density at radius 3 is 2.50 bits per heavy atom. The van der Waals surface area contributed by atoms with E-state index in [9.17, 15) is 0 Å². The molecule has 3 heteroatoms. The highest BCUT2D eigenvalue weighted by Gasteiger charge is 2.10. The minimum absolute atomic E-state index is 0.337. The van der Waals surface area contributed by atoms with Crippen LogP contribution in [0.25, 0.3) is 0 Å². The molecule has 2 nitrogen and oxygen atoms in total. The Morgan fingerprint density at radius 1 is 1.31 bits per heavy atom. The summed E-state index contributed by atoms with van der Waals surface area (Å²) < 4.78 is 0. The second-order valence-electron chi connectivity index (χ2n) is 5.43. The number of nitrogens with one attached hydrogen (secondary N) is 1. The summed E-state index contributed by atoms with van der Waals surface area (Å²) in [5, 5.41) is 4.08. The Balaban J connectivity index is 2.64. The molecule has 0 spiro atoms. The van der Waals surface area contributed by atoms with Crippen molar-refractivity contribution < 1.29 is 0 Å². The summed E-state index contributed by atoms with van der Waals surface area (Å²) in [6.07, 6.45) is 1.11. The zero-order valence-corrected chi connectivity index (χ0v) is 11.3. The lowest BCUT2D eigenvalue weighted by molar-refractivity contribution is 0.390. The molecule has 0 saturated heterocycles. The summed E-state index contributed by atoms with van der Waals surface area (Å²) >= 11 is 5.98. The van der Waals surface area contributed by atoms with E-state index >= 15 is 0 Å². The molecule has 0 aliphatic carbocycles. The fourth-order valence-electron chi connectivity index (χ4n) is 1.42. The average Bonchev–Trinajstić information content (AvgIpc) is 2.11. The zero-order chi connectivity index (χ0) is 12.3. The van der Waals surface area contributed by atoms with Gasteiger partial charge in [-0.15, -0.1) is 0 Å². The van der Waals surface area contributed by atoms with Gasteiger partial charge in [-0.25, -0.2) is 0 Å². The van der Waals surface area contributed by atoms with E-state index in [-0.39, 0.29) is 0 Å². The van der Waals surface area contributed by atoms with Crippen LogP contribution in [-0.2, 0) is 0 Å². The van der Waals surface area contributed by atoms with Crippen molar-refractivity contribution >= 4 is 23.0 Å². The Morgan fingerprint density at radius 2 is 1.94 bits per heavy atom. The highest BCUT2D eigenvalue weighted by molar-refractivity contribution is 6.31. The Bertz CT molecular complexity index is 367. The van der Waals surface area contributed by atoms with Crippen LogP contribution in [0.2, 0.25) is 5.02 Å². The number of rotatable bonds is 3. The van der Waals surface area contributed by atoms with Crippen molar-refractivity contribution in [1.82, 2.24) is 0 Å². The first-order valence-electron chi connectivity index (χ1n) is 5.59. The Kier molecular flexibility index (Phi) is 4.09. The minimum Gasteiger partial charge on any atom is -0.397 e. The Hall–Kier alpha value is -0.890. The van der Waals surface area contributed by atoms with E-state index in [1.807, 2.05) is 13.0 Å². The normalized spacial score (nSPS) is 11.6. The van der Waals surface area contributed by atoms with Gasteiger partial charge in [0, 0.05) is 11.6 Å². The van der Waals surface area contributed by atoms with E-state index in [0.717, 1.165) is 29.2 Å². The number of nitrogen functional groups attached to an aromatic ring is 1. The van der Waals surface area contributed by atoms with Crippen LogP contribution in [0, 0.1) is 12.3 Å². The van der Waals surface area contributed by atoms with Crippen LogP contribution >= 0.6 is 11.6 Å². The molecule has 0 bridgehead atoms. The van der Waals surface area contributed by atoms with Crippen molar-refractivity contribution in [2.75, 3.05) is 17.6 Å². The minimum atomic E-state index is 0.337. The van der Waals surface area contributed by atoms with Gasteiger partial charge in [-0.05, 0) is 36.5 Å². The number of halogens is 1. The van der Waals surface area contributed by atoms with Crippen LogP contribution in [0.4, 0.5) is 11.4 Å². The molecule has 16 heavy (non-hydrogen) atoms. The SMILES string of the molecule is Cc1cc(NCCC(C)(C)C)c(N)cc1Cl. The molecule has 0 heterocycles. The van der Waals surface area contributed by atoms with E-state index in [1.54, 1.807) is 6.07 Å². The first-order valence-corrected chi connectivity index (χ1v) is 5.97. The quantitative estimate of drug-likeness (QED) is 0.782. The topological polar surface area (TPSA) is 38.0 Å². The Labute approximate surface area is 103 Å². The number of benzene rings is 1. The lowest BCUT2D eigenvalue weighted by Gasteiger charge is -2.19. The molecule has 1 aromatic rings. The van der Waals surface area contributed by atoms with Gasteiger partial charge in [0.25, 0.3) is 0 Å². The number of anilines is 2. The molecule has 0 saturated carbocycles. The van der Waals surface area contributed by atoms with Crippen molar-refractivity contribution in [3.63, 3.8) is 0 Å². The highest BCUT2D eigenvalue weighted by atomic mass is 35.5. The van der Waals surface area contributed by atoms with Gasteiger partial charge in [0.1, 0.15) is 0 Å². The molecule has 0 aliphatic heterocycles. The largest absolute Gasteiger partial charge is 0.397 e. The fraction of sp³-hybridized carbons (Fsp3) is 0.538. The lowest BCUT2D eigenvalue weighted by atomic mass is 9.92. The van der Waals surface area contributed by atoms with Gasteiger partial charge in [-0.1, -0.05) is 32.4 Å². The monoisotopic (exact) mass is 240 g/mol. The summed E-state index contributed by atoms with van der Waals surface area (Å²) in [7, 11) is 0. The lowest BCUT2D eigenvalue weighted by Crippen LogP contribution is -2.13. The molecule has 1 aromatic carbocycles. The molecule has 3 N–H and O–H groups in total. The third kappa shape index (κ3) is 3.93. The molecule has 0 aromatic heterocycles. The molecule has 0 atom stereocenters. The van der Waals surface area contributed by atoms with E-state index in [0.29, 0.717) is 11.1 Å². The van der Waals surface area contributed by atoms with Gasteiger partial charge in [0.15, 0.2) is 0 Å². The van der Waals surface area contributed by atoms with E-state index < -0.39 is 0 Å². The summed E-state index contributed by atoms with van der Waals surface area (Å²) in [5.74, 6) is 0. The first kappa shape index (κ1) is 13.2. The molecule has 0 radical (unpaired) electrons. The van der Waals surface area contributed by atoms with Gasteiger partial charge in [-0.3, -0.25) is 0 Å². The van der Waals surface area contributed by atoms with Crippen LogP contribution in [0.5, 0.6) is 0 Å². The van der Waals surface area contributed by atoms with Crippen LogP contribution in [0.15, 0.2) is 12.1 Å². The third-order valence-corrected chi connectivity index (χ3v) is 2.93. The van der Waals surface area contributed by atoms with Crippen molar-refractivity contribution in [2.24, 2.45) is 5.41 Å². The van der Waals surface area contributed by atoms with Gasteiger partial charge >= 0.3 is 0 Å². The number of hydrogen-bond donors (Lipinski definition) is 2. The second kappa shape index (κ2) is 4.96. The molecular weight excluding hydrogens is 220 g/mol. The maximum Gasteiger partial charge on any atom is 0.0577 e. The molecule has 0 fully saturated rings. The van der Waals surface area contributed by atoms with Gasteiger partial charge in [-0.2, -0.15) is 0 Å². The highest BCUT2D eigenvalue weighted by Crippen LogP contribution is 2.27. The van der Waals surface area contributed by atoms with E-state index in [2.05, 4.69) is 26.1 Å². The van der Waals surface area contributed by atoms with Crippen LogP contribution in [0.3, 0.4) is 0 Å². The predicted octanol–water partition coefficient (Wildman–Crippen LogP) is 4.08. The second-order valence-corrected chi connectivity index (χ2v) is 5.83. The molecule has 1 rings (SSSR count). The van der Waals surface area contributed by atoms with Gasteiger partial charge < -0.3 is 11.1 Å². The zero-order valence-electron chi connectivity index (χ0n) is 10.5. The van der Waals surface area contributed by atoms with Crippen molar-refractivity contribution in [3.05, 3.63) is 22.7 Å². The van der Waals surface area contributed by atoms with Gasteiger partial charge in [0.2, 0.25) is 0 Å². The third-order valence-electron chi connectivity index (χ3n) is 2.52. The molecular formula is C13H21ClN2. The first-order chi connectivity index (χ1) is 7.29. The fourth-order valence-corrected chi connectivity index (χ4v) is 1.59. The summed E-state index contributed by atoms with van der Waals surface area (Å²) in [6, 6.07) is 3.80. The summed E-state index contributed by atoms with van der Waals surface area (Å²) in [5.41, 5.74) is 8.97. The smallest absolute Gasteiger partial charge is 0.0577 e.